The largest absolute Gasteiger partial charge is 1.00 e. The summed E-state index contributed by atoms with van der Waals surface area (Å²) in [5, 5.41) is 1.03. The third-order valence-corrected chi connectivity index (χ3v) is 5.09. The van der Waals surface area contributed by atoms with E-state index >= 15 is 0 Å². The van der Waals surface area contributed by atoms with Crippen molar-refractivity contribution in [2.24, 2.45) is 0 Å². The molecule has 2 aliphatic heterocycles. The Hall–Kier alpha value is 0.342. The van der Waals surface area contributed by atoms with Gasteiger partial charge in [-0.25, -0.2) is 0 Å². The zero-order valence-electron chi connectivity index (χ0n) is 12.7. The first kappa shape index (κ1) is 17.7. The van der Waals surface area contributed by atoms with Gasteiger partial charge >= 0.3 is 25.5 Å². The van der Waals surface area contributed by atoms with Gasteiger partial charge in [-0.3, -0.25) is 0 Å². The zero-order valence-corrected chi connectivity index (χ0v) is 14.2. The number of quaternary nitrogens is 1. The van der Waals surface area contributed by atoms with Crippen molar-refractivity contribution in [2.75, 3.05) is 32.8 Å². The summed E-state index contributed by atoms with van der Waals surface area (Å²) in [6.07, 6.45) is 2.35. The Labute approximate surface area is 148 Å². The molecule has 0 aromatic heterocycles. The Balaban J connectivity index is 0.00000161. The number of unbranched alkanes of at least 4 members (excludes halogenated alkanes) is 1. The number of halogens is 2. The van der Waals surface area contributed by atoms with Crippen LogP contribution in [0.25, 0.3) is 0 Å². The maximum Gasteiger partial charge on any atom is 1.00 e. The Morgan fingerprint density at radius 1 is 1.19 bits per heavy atom. The average Bonchev–Trinajstić information content (AvgIpc) is 2.90. The molecule has 0 N–H and O–H groups in total. The van der Waals surface area contributed by atoms with E-state index in [1.165, 1.54) is 12.8 Å². The SMILES string of the molecule is CCCC[N+]12CCO[B-]1(c1cc(Cl)[c-]c(Cl)c1)OCC2.[Li+]. The summed E-state index contributed by atoms with van der Waals surface area (Å²) in [5.74, 6) is 0. The fourth-order valence-electron chi connectivity index (χ4n) is 3.71. The monoisotopic (exact) mass is 321 g/mol. The fourth-order valence-corrected chi connectivity index (χ4v) is 4.21. The number of benzene rings is 1. The van der Waals surface area contributed by atoms with Crippen LogP contribution in [0.4, 0.5) is 0 Å². The molecule has 7 heteroatoms. The maximum atomic E-state index is 6.14. The van der Waals surface area contributed by atoms with Gasteiger partial charge in [-0.2, -0.15) is 17.6 Å². The molecule has 3 rings (SSSR count). The summed E-state index contributed by atoms with van der Waals surface area (Å²) >= 11 is 12.2. The van der Waals surface area contributed by atoms with Crippen molar-refractivity contribution in [3.05, 3.63) is 28.2 Å². The van der Waals surface area contributed by atoms with E-state index in [0.717, 1.165) is 42.7 Å². The van der Waals surface area contributed by atoms with Crippen molar-refractivity contribution in [3.63, 3.8) is 0 Å². The van der Waals surface area contributed by atoms with Crippen molar-refractivity contribution in [1.82, 2.24) is 0 Å². The first-order chi connectivity index (χ1) is 9.62. The van der Waals surface area contributed by atoms with Crippen molar-refractivity contribution >= 4 is 35.4 Å². The Morgan fingerprint density at radius 2 is 1.76 bits per heavy atom. The molecule has 0 saturated carbocycles. The Morgan fingerprint density at radius 3 is 2.29 bits per heavy atom. The van der Waals surface area contributed by atoms with E-state index in [0.29, 0.717) is 10.0 Å². The van der Waals surface area contributed by atoms with Gasteiger partial charge in [-0.15, -0.1) is 29.3 Å². The standard InChI is InChI=1S/C14H19BCl2NO2.Li/c1-2-3-4-18-5-7-19-15(18,20-8-6-18)12-9-13(16)11-14(17)10-12;/h9-10H,2-8H2,1H3;/q-1;+1. The van der Waals surface area contributed by atoms with Crippen LogP contribution in [0.15, 0.2) is 12.1 Å². The molecule has 0 aliphatic carbocycles. The average molecular weight is 322 g/mol. The van der Waals surface area contributed by atoms with E-state index in [4.69, 9.17) is 32.5 Å². The van der Waals surface area contributed by atoms with E-state index in [1.54, 1.807) is 0 Å². The molecule has 110 valence electrons. The summed E-state index contributed by atoms with van der Waals surface area (Å²) in [4.78, 5) is 0. The predicted molar refractivity (Wildman–Crippen MR) is 82.4 cm³/mol. The van der Waals surface area contributed by atoms with Gasteiger partial charge in [0.25, 0.3) is 0 Å². The smallest absolute Gasteiger partial charge is 0.507 e. The molecule has 21 heavy (non-hydrogen) atoms. The molecule has 0 atom stereocenters. The van der Waals surface area contributed by atoms with Crippen LogP contribution in [0.1, 0.15) is 19.8 Å². The molecule has 2 fully saturated rings. The molecule has 3 nitrogen and oxygen atoms in total. The minimum atomic E-state index is -1.51. The third kappa shape index (κ3) is 2.93. The van der Waals surface area contributed by atoms with Crippen LogP contribution in [-0.2, 0) is 9.31 Å². The fraction of sp³-hybridized carbons (Fsp3) is 0.571. The minimum absolute atomic E-state index is 0. The van der Waals surface area contributed by atoms with E-state index < -0.39 is 6.69 Å². The van der Waals surface area contributed by atoms with Crippen LogP contribution in [0.2, 0.25) is 10.0 Å². The third-order valence-electron chi connectivity index (χ3n) is 4.69. The first-order valence-corrected chi connectivity index (χ1v) is 8.04. The number of rotatable bonds is 4. The molecule has 0 spiro atoms. The zero-order chi connectivity index (χ0) is 14.2. The molecule has 2 saturated heterocycles. The second kappa shape index (κ2) is 6.85. The number of nitrogens with zero attached hydrogens (tertiary/aromatic N) is 1. The maximum absolute atomic E-state index is 6.14. The van der Waals surface area contributed by atoms with Gasteiger partial charge in [0, 0.05) is 6.54 Å². The van der Waals surface area contributed by atoms with Crippen molar-refractivity contribution < 1.29 is 32.6 Å². The number of hydrogen-bond donors (Lipinski definition) is 0. The minimum Gasteiger partial charge on any atom is -0.507 e. The molecule has 2 aliphatic rings. The second-order valence-electron chi connectivity index (χ2n) is 5.77. The van der Waals surface area contributed by atoms with E-state index in [-0.39, 0.29) is 18.9 Å². The molecule has 0 unspecified atom stereocenters. The Kier molecular flexibility index (Phi) is 5.77. The summed E-state index contributed by atoms with van der Waals surface area (Å²) in [6, 6.07) is 6.67. The van der Waals surface area contributed by atoms with Crippen LogP contribution in [0, 0.1) is 6.07 Å². The normalized spacial score (nSPS) is 31.0. The summed E-state index contributed by atoms with van der Waals surface area (Å²) in [7, 11) is 0. The van der Waals surface area contributed by atoms with E-state index in [2.05, 4.69) is 13.0 Å². The van der Waals surface area contributed by atoms with Gasteiger partial charge in [-0.1, -0.05) is 23.4 Å². The predicted octanol–water partition coefficient (Wildman–Crippen LogP) is -0.379. The van der Waals surface area contributed by atoms with E-state index in [1.807, 2.05) is 12.1 Å². The molecular formula is C14H19BCl2LiNO2. The van der Waals surface area contributed by atoms with Crippen molar-refractivity contribution in [2.45, 2.75) is 19.8 Å². The van der Waals surface area contributed by atoms with Crippen LogP contribution >= 0.6 is 23.2 Å². The molecule has 0 bridgehead atoms. The molecule has 1 aromatic carbocycles. The van der Waals surface area contributed by atoms with Gasteiger partial charge in [0.1, 0.15) is 0 Å². The van der Waals surface area contributed by atoms with E-state index in [9.17, 15) is 0 Å². The van der Waals surface area contributed by atoms with Gasteiger partial charge < -0.3 is 13.7 Å². The number of hydrogen-bond acceptors (Lipinski definition) is 2. The molecule has 2 heterocycles. The molecular weight excluding hydrogens is 303 g/mol. The first-order valence-electron chi connectivity index (χ1n) is 7.28. The van der Waals surface area contributed by atoms with Crippen molar-refractivity contribution in [3.8, 4) is 0 Å². The molecule has 0 amide bonds. The summed E-state index contributed by atoms with van der Waals surface area (Å²) in [6.45, 7) is 5.27. The van der Waals surface area contributed by atoms with Crippen LogP contribution in [0.5, 0.6) is 0 Å². The Bertz CT molecular complexity index is 487. The van der Waals surface area contributed by atoms with Crippen LogP contribution in [0.3, 0.4) is 0 Å². The quantitative estimate of drug-likeness (QED) is 0.556. The number of fused-ring (bicyclic) bond motifs is 1. The van der Waals surface area contributed by atoms with Gasteiger partial charge in [-0.05, 0) is 6.42 Å². The van der Waals surface area contributed by atoms with Crippen molar-refractivity contribution in [1.29, 1.82) is 0 Å². The van der Waals surface area contributed by atoms with Gasteiger partial charge in [0.2, 0.25) is 0 Å². The topological polar surface area (TPSA) is 18.5 Å². The van der Waals surface area contributed by atoms with Crippen LogP contribution in [-0.4, -0.2) is 43.9 Å². The second-order valence-corrected chi connectivity index (χ2v) is 6.58. The van der Waals surface area contributed by atoms with Gasteiger partial charge in [0.05, 0.1) is 26.3 Å². The molecule has 1 aromatic rings. The summed E-state index contributed by atoms with van der Waals surface area (Å²) in [5.41, 5.74) is 0.977. The van der Waals surface area contributed by atoms with Crippen LogP contribution < -0.4 is 24.3 Å². The molecule has 0 radical (unpaired) electrons. The van der Waals surface area contributed by atoms with Gasteiger partial charge in [0.15, 0.2) is 0 Å². The summed E-state index contributed by atoms with van der Waals surface area (Å²) < 4.78 is 13.2.